The van der Waals surface area contributed by atoms with E-state index < -0.39 is 0 Å². The number of benzene rings is 3. The van der Waals surface area contributed by atoms with Crippen molar-refractivity contribution in [3.8, 4) is 11.1 Å². The van der Waals surface area contributed by atoms with Crippen molar-refractivity contribution in [2.75, 3.05) is 0 Å². The predicted octanol–water partition coefficient (Wildman–Crippen LogP) is 4.16. The minimum atomic E-state index is -0.217. The molecule has 0 radical (unpaired) electrons. The molecule has 124 valence electrons. The number of hydrogen-bond donors (Lipinski definition) is 2. The van der Waals surface area contributed by atoms with E-state index in [1.807, 2.05) is 72.8 Å². The summed E-state index contributed by atoms with van der Waals surface area (Å²) >= 11 is 5.19. The maximum Gasteiger partial charge on any atom is 0.257 e. The fourth-order valence-corrected chi connectivity index (χ4v) is 2.61. The first-order valence-electron chi connectivity index (χ1n) is 8.01. The Balaban J connectivity index is 1.56. The van der Waals surface area contributed by atoms with E-state index in [9.17, 15) is 4.79 Å². The van der Waals surface area contributed by atoms with E-state index in [0.717, 1.165) is 16.7 Å². The molecule has 0 fully saturated rings. The van der Waals surface area contributed by atoms with Gasteiger partial charge in [0.25, 0.3) is 5.91 Å². The van der Waals surface area contributed by atoms with Gasteiger partial charge in [-0.3, -0.25) is 10.1 Å². The summed E-state index contributed by atoms with van der Waals surface area (Å²) in [4.78, 5) is 12.3. The van der Waals surface area contributed by atoms with Crippen LogP contribution in [0.25, 0.3) is 11.1 Å². The van der Waals surface area contributed by atoms with Crippen LogP contribution in [-0.2, 0) is 6.54 Å². The zero-order valence-corrected chi connectivity index (χ0v) is 14.4. The highest BCUT2D eigenvalue weighted by Gasteiger charge is 2.08. The smallest absolute Gasteiger partial charge is 0.257 e. The molecule has 0 saturated heterocycles. The molecule has 0 heterocycles. The summed E-state index contributed by atoms with van der Waals surface area (Å²) < 4.78 is 0. The molecule has 25 heavy (non-hydrogen) atoms. The van der Waals surface area contributed by atoms with Crippen LogP contribution in [-0.4, -0.2) is 11.0 Å². The van der Waals surface area contributed by atoms with Crippen molar-refractivity contribution in [1.29, 1.82) is 0 Å². The average Bonchev–Trinajstić information content (AvgIpc) is 2.68. The molecule has 3 nitrogen and oxygen atoms in total. The van der Waals surface area contributed by atoms with E-state index in [1.54, 1.807) is 12.1 Å². The second-order valence-corrected chi connectivity index (χ2v) is 5.97. The van der Waals surface area contributed by atoms with Gasteiger partial charge in [-0.25, -0.2) is 0 Å². The second kappa shape index (κ2) is 8.22. The topological polar surface area (TPSA) is 41.1 Å². The van der Waals surface area contributed by atoms with Crippen LogP contribution in [0.5, 0.6) is 0 Å². The van der Waals surface area contributed by atoms with E-state index in [2.05, 4.69) is 10.6 Å². The first-order chi connectivity index (χ1) is 12.2. The van der Waals surface area contributed by atoms with Crippen LogP contribution in [0.2, 0.25) is 0 Å². The molecule has 0 aliphatic heterocycles. The molecule has 2 N–H and O–H groups in total. The monoisotopic (exact) mass is 346 g/mol. The van der Waals surface area contributed by atoms with Gasteiger partial charge in [0, 0.05) is 12.1 Å². The highest BCUT2D eigenvalue weighted by Crippen LogP contribution is 2.19. The van der Waals surface area contributed by atoms with E-state index in [0.29, 0.717) is 17.2 Å². The van der Waals surface area contributed by atoms with Crippen molar-refractivity contribution < 1.29 is 4.79 Å². The van der Waals surface area contributed by atoms with Gasteiger partial charge in [0.2, 0.25) is 0 Å². The number of carbonyl (C=O) groups excluding carboxylic acids is 1. The molecule has 0 aliphatic rings. The Morgan fingerprint density at radius 2 is 1.32 bits per heavy atom. The Labute approximate surface area is 152 Å². The van der Waals surface area contributed by atoms with Gasteiger partial charge in [0.05, 0.1) is 0 Å². The van der Waals surface area contributed by atoms with Crippen LogP contribution in [0.4, 0.5) is 0 Å². The molecule has 0 aromatic heterocycles. The van der Waals surface area contributed by atoms with Gasteiger partial charge in [-0.05, 0) is 41.0 Å². The number of nitrogens with one attached hydrogen (secondary N) is 2. The van der Waals surface area contributed by atoms with Crippen LogP contribution >= 0.6 is 12.2 Å². The molecule has 0 unspecified atom stereocenters. The van der Waals surface area contributed by atoms with Gasteiger partial charge in [0.15, 0.2) is 5.11 Å². The second-order valence-electron chi connectivity index (χ2n) is 5.57. The lowest BCUT2D eigenvalue weighted by Gasteiger charge is -2.10. The third-order valence-corrected chi connectivity index (χ3v) is 4.02. The Morgan fingerprint density at radius 1 is 0.760 bits per heavy atom. The van der Waals surface area contributed by atoms with E-state index >= 15 is 0 Å². The van der Waals surface area contributed by atoms with Crippen molar-refractivity contribution in [2.45, 2.75) is 6.54 Å². The molecule has 0 bridgehead atoms. The van der Waals surface area contributed by atoms with Gasteiger partial charge < -0.3 is 5.32 Å². The van der Waals surface area contributed by atoms with Gasteiger partial charge in [0.1, 0.15) is 0 Å². The SMILES string of the molecule is O=C(NC(=S)NCc1ccccc1)c1ccc(-c2ccccc2)cc1. The molecule has 0 atom stereocenters. The largest absolute Gasteiger partial charge is 0.358 e. The number of rotatable bonds is 4. The maximum atomic E-state index is 12.3. The van der Waals surface area contributed by atoms with Crippen LogP contribution in [0.1, 0.15) is 15.9 Å². The lowest BCUT2D eigenvalue weighted by Crippen LogP contribution is -2.38. The number of amides is 1. The minimum absolute atomic E-state index is 0.217. The summed E-state index contributed by atoms with van der Waals surface area (Å²) in [6.45, 7) is 0.576. The molecule has 0 spiro atoms. The van der Waals surface area contributed by atoms with Crippen molar-refractivity contribution in [1.82, 2.24) is 10.6 Å². The molecular weight excluding hydrogens is 328 g/mol. The third-order valence-electron chi connectivity index (χ3n) is 3.78. The van der Waals surface area contributed by atoms with Gasteiger partial charge in [-0.15, -0.1) is 0 Å². The normalized spacial score (nSPS) is 10.1. The first kappa shape index (κ1) is 16.9. The highest BCUT2D eigenvalue weighted by molar-refractivity contribution is 7.80. The molecule has 3 aromatic rings. The van der Waals surface area contributed by atoms with Gasteiger partial charge in [-0.2, -0.15) is 0 Å². The Bertz CT molecular complexity index is 846. The number of carbonyl (C=O) groups is 1. The Morgan fingerprint density at radius 3 is 1.96 bits per heavy atom. The average molecular weight is 346 g/mol. The molecule has 3 aromatic carbocycles. The molecular formula is C21H18N2OS. The van der Waals surface area contributed by atoms with E-state index in [4.69, 9.17) is 12.2 Å². The lowest BCUT2D eigenvalue weighted by atomic mass is 10.0. The predicted molar refractivity (Wildman–Crippen MR) is 105 cm³/mol. The quantitative estimate of drug-likeness (QED) is 0.697. The van der Waals surface area contributed by atoms with Gasteiger partial charge >= 0.3 is 0 Å². The van der Waals surface area contributed by atoms with Crippen molar-refractivity contribution in [2.24, 2.45) is 0 Å². The molecule has 3 rings (SSSR count). The minimum Gasteiger partial charge on any atom is -0.358 e. The maximum absolute atomic E-state index is 12.3. The van der Waals surface area contributed by atoms with Crippen molar-refractivity contribution in [3.05, 3.63) is 96.1 Å². The molecule has 4 heteroatoms. The molecule has 0 aliphatic carbocycles. The zero-order valence-electron chi connectivity index (χ0n) is 13.6. The third kappa shape index (κ3) is 4.75. The highest BCUT2D eigenvalue weighted by atomic mass is 32.1. The van der Waals surface area contributed by atoms with Crippen LogP contribution < -0.4 is 10.6 Å². The first-order valence-corrected chi connectivity index (χ1v) is 8.42. The fraction of sp³-hybridized carbons (Fsp3) is 0.0476. The summed E-state index contributed by atoms with van der Waals surface area (Å²) in [5.74, 6) is -0.217. The van der Waals surface area contributed by atoms with Gasteiger partial charge in [-0.1, -0.05) is 72.8 Å². The number of hydrogen-bond acceptors (Lipinski definition) is 2. The van der Waals surface area contributed by atoms with Crippen LogP contribution in [0.3, 0.4) is 0 Å². The van der Waals surface area contributed by atoms with Crippen LogP contribution in [0.15, 0.2) is 84.9 Å². The summed E-state index contributed by atoms with van der Waals surface area (Å²) in [7, 11) is 0. The van der Waals surface area contributed by atoms with Crippen LogP contribution in [0, 0.1) is 0 Å². The standard InChI is InChI=1S/C21H18N2OS/c24-20(23-21(25)22-15-16-7-3-1-4-8-16)19-13-11-18(12-14-19)17-9-5-2-6-10-17/h1-14H,15H2,(H2,22,23,24,25). The van der Waals surface area contributed by atoms with E-state index in [-0.39, 0.29) is 5.91 Å². The Kier molecular flexibility index (Phi) is 5.54. The summed E-state index contributed by atoms with van der Waals surface area (Å²) in [6, 6.07) is 27.4. The van der Waals surface area contributed by atoms with E-state index in [1.165, 1.54) is 0 Å². The molecule has 0 saturated carbocycles. The lowest BCUT2D eigenvalue weighted by molar-refractivity contribution is 0.0976. The fourth-order valence-electron chi connectivity index (χ4n) is 2.44. The Hall–Kier alpha value is -2.98. The van der Waals surface area contributed by atoms with Crippen molar-refractivity contribution >= 4 is 23.2 Å². The number of thiocarbonyl (C=S) groups is 1. The zero-order chi connectivity index (χ0) is 17.5. The van der Waals surface area contributed by atoms with Crippen molar-refractivity contribution in [3.63, 3.8) is 0 Å². The molecule has 1 amide bonds. The summed E-state index contributed by atoms with van der Waals surface area (Å²) in [5.41, 5.74) is 3.87. The summed E-state index contributed by atoms with van der Waals surface area (Å²) in [5, 5.41) is 6.06. The summed E-state index contributed by atoms with van der Waals surface area (Å²) in [6.07, 6.45) is 0.